The van der Waals surface area contributed by atoms with E-state index in [1.165, 1.54) is 4.88 Å². The number of aryl methyl sites for hydroxylation is 1. The number of amides is 1. The number of ether oxygens (including phenoxy) is 1. The molecular weight excluding hydrogens is 278 g/mol. The molecule has 2 atom stereocenters. The summed E-state index contributed by atoms with van der Waals surface area (Å²) in [7, 11) is 0. The third-order valence-corrected chi connectivity index (χ3v) is 4.25. The third kappa shape index (κ3) is 4.61. The van der Waals surface area contributed by atoms with Gasteiger partial charge in [-0.2, -0.15) is 0 Å². The highest BCUT2D eigenvalue weighted by Gasteiger charge is 2.30. The van der Waals surface area contributed by atoms with E-state index >= 15 is 0 Å². The molecule has 0 radical (unpaired) electrons. The van der Waals surface area contributed by atoms with Crippen LogP contribution in [0, 0.1) is 0 Å². The van der Waals surface area contributed by atoms with Crippen molar-refractivity contribution in [3.05, 3.63) is 22.4 Å². The van der Waals surface area contributed by atoms with Gasteiger partial charge in [0.05, 0.1) is 6.10 Å². The number of nitrogens with one attached hydrogen (secondary N) is 1. The minimum atomic E-state index is -0.922. The summed E-state index contributed by atoms with van der Waals surface area (Å²) >= 11 is 1.70. The Bertz CT molecular complexity index is 446. The van der Waals surface area contributed by atoms with Crippen molar-refractivity contribution in [3.8, 4) is 0 Å². The van der Waals surface area contributed by atoms with Crippen LogP contribution in [0.5, 0.6) is 0 Å². The zero-order valence-corrected chi connectivity index (χ0v) is 12.0. The lowest BCUT2D eigenvalue weighted by Crippen LogP contribution is -2.33. The number of carboxylic acid groups (broad SMARTS) is 1. The van der Waals surface area contributed by atoms with Crippen molar-refractivity contribution >= 4 is 23.2 Å². The molecule has 6 heteroatoms. The van der Waals surface area contributed by atoms with Crippen molar-refractivity contribution in [1.29, 1.82) is 0 Å². The average molecular weight is 297 g/mol. The van der Waals surface area contributed by atoms with Crippen LogP contribution in [0.4, 0.5) is 0 Å². The van der Waals surface area contributed by atoms with E-state index in [-0.39, 0.29) is 12.0 Å². The molecule has 1 aromatic rings. The molecule has 2 heterocycles. The first-order valence-electron chi connectivity index (χ1n) is 6.82. The van der Waals surface area contributed by atoms with Gasteiger partial charge >= 0.3 is 5.97 Å². The number of thiophene rings is 1. The van der Waals surface area contributed by atoms with Gasteiger partial charge in [-0.25, -0.2) is 4.79 Å². The lowest BCUT2D eigenvalue weighted by molar-refractivity contribution is -0.149. The number of aliphatic carboxylic acids is 1. The molecule has 1 saturated heterocycles. The molecule has 2 N–H and O–H groups in total. The fourth-order valence-corrected chi connectivity index (χ4v) is 2.98. The van der Waals surface area contributed by atoms with Crippen molar-refractivity contribution in [1.82, 2.24) is 5.32 Å². The second kappa shape index (κ2) is 7.40. The number of hydrogen-bond acceptors (Lipinski definition) is 4. The van der Waals surface area contributed by atoms with Crippen LogP contribution in [0.3, 0.4) is 0 Å². The first-order chi connectivity index (χ1) is 9.65. The van der Waals surface area contributed by atoms with E-state index in [1.807, 2.05) is 11.4 Å². The molecule has 5 nitrogen and oxygen atoms in total. The molecule has 20 heavy (non-hydrogen) atoms. The second-order valence-electron chi connectivity index (χ2n) is 4.90. The van der Waals surface area contributed by atoms with Crippen molar-refractivity contribution in [3.63, 3.8) is 0 Å². The first-order valence-corrected chi connectivity index (χ1v) is 7.70. The Kier molecular flexibility index (Phi) is 5.55. The molecule has 1 aliphatic rings. The molecule has 110 valence electrons. The van der Waals surface area contributed by atoms with Gasteiger partial charge in [-0.3, -0.25) is 4.79 Å². The summed E-state index contributed by atoms with van der Waals surface area (Å²) in [6, 6.07) is 4.08. The fraction of sp³-hybridized carbons (Fsp3) is 0.571. The summed E-state index contributed by atoms with van der Waals surface area (Å²) in [5, 5.41) is 13.6. The summed E-state index contributed by atoms with van der Waals surface area (Å²) in [5.74, 6) is -0.918. The quantitative estimate of drug-likeness (QED) is 0.805. The minimum absolute atomic E-state index is 0.00364. The first kappa shape index (κ1) is 15.0. The van der Waals surface area contributed by atoms with Crippen LogP contribution < -0.4 is 5.32 Å². The summed E-state index contributed by atoms with van der Waals surface area (Å²) in [4.78, 5) is 23.7. The maximum absolute atomic E-state index is 11.7. The summed E-state index contributed by atoms with van der Waals surface area (Å²) in [5.41, 5.74) is 0. The Balaban J connectivity index is 1.57. The lowest BCUT2D eigenvalue weighted by Gasteiger charge is -2.12. The van der Waals surface area contributed by atoms with Crippen LogP contribution in [0.25, 0.3) is 0 Å². The van der Waals surface area contributed by atoms with Crippen LogP contribution in [-0.2, 0) is 20.7 Å². The normalized spacial score (nSPS) is 21.8. The largest absolute Gasteiger partial charge is 0.479 e. The van der Waals surface area contributed by atoms with E-state index in [2.05, 4.69) is 11.4 Å². The molecule has 1 aromatic heterocycles. The molecule has 0 spiro atoms. The number of carbonyl (C=O) groups is 2. The zero-order valence-electron chi connectivity index (χ0n) is 11.2. The highest BCUT2D eigenvalue weighted by Crippen LogP contribution is 2.19. The van der Waals surface area contributed by atoms with Crippen LogP contribution in [0.15, 0.2) is 17.5 Å². The number of carbonyl (C=O) groups excluding carboxylic acids is 1. The molecule has 0 aliphatic carbocycles. The topological polar surface area (TPSA) is 75.6 Å². The Morgan fingerprint density at radius 3 is 2.95 bits per heavy atom. The predicted molar refractivity (Wildman–Crippen MR) is 75.8 cm³/mol. The summed E-state index contributed by atoms with van der Waals surface area (Å²) in [6.07, 6.45) is 2.57. The van der Waals surface area contributed by atoms with Gasteiger partial charge < -0.3 is 15.2 Å². The van der Waals surface area contributed by atoms with Gasteiger partial charge in [0.1, 0.15) is 0 Å². The van der Waals surface area contributed by atoms with Gasteiger partial charge in [-0.05, 0) is 37.1 Å². The van der Waals surface area contributed by atoms with Gasteiger partial charge in [0.15, 0.2) is 6.10 Å². The molecule has 0 saturated carbocycles. The van der Waals surface area contributed by atoms with Crippen LogP contribution >= 0.6 is 11.3 Å². The van der Waals surface area contributed by atoms with E-state index < -0.39 is 12.1 Å². The van der Waals surface area contributed by atoms with Gasteiger partial charge in [0, 0.05) is 17.8 Å². The van der Waals surface area contributed by atoms with Gasteiger partial charge in [0.2, 0.25) is 5.91 Å². The highest BCUT2D eigenvalue weighted by molar-refractivity contribution is 7.09. The smallest absolute Gasteiger partial charge is 0.332 e. The van der Waals surface area contributed by atoms with E-state index in [0.717, 1.165) is 12.8 Å². The molecule has 2 rings (SSSR count). The van der Waals surface area contributed by atoms with Crippen molar-refractivity contribution in [2.75, 3.05) is 6.54 Å². The maximum atomic E-state index is 11.7. The van der Waals surface area contributed by atoms with Crippen LogP contribution in [0.1, 0.15) is 30.6 Å². The fourth-order valence-electron chi connectivity index (χ4n) is 2.23. The SMILES string of the molecule is O=C(CCCc1cccs1)NCC1CCC(C(=O)O)O1. The lowest BCUT2D eigenvalue weighted by atomic mass is 10.2. The average Bonchev–Trinajstić information content (AvgIpc) is 3.07. The Labute approximate surface area is 121 Å². The van der Waals surface area contributed by atoms with Crippen LogP contribution in [0.2, 0.25) is 0 Å². The van der Waals surface area contributed by atoms with Gasteiger partial charge in [-0.1, -0.05) is 6.07 Å². The monoisotopic (exact) mass is 297 g/mol. The number of rotatable bonds is 7. The number of carboxylic acids is 1. The summed E-state index contributed by atoms with van der Waals surface area (Å²) in [6.45, 7) is 0.404. The van der Waals surface area contributed by atoms with E-state index in [0.29, 0.717) is 25.8 Å². The van der Waals surface area contributed by atoms with E-state index in [1.54, 1.807) is 11.3 Å². The Morgan fingerprint density at radius 1 is 1.45 bits per heavy atom. The van der Waals surface area contributed by atoms with E-state index in [4.69, 9.17) is 9.84 Å². The van der Waals surface area contributed by atoms with Crippen molar-refractivity contribution < 1.29 is 19.4 Å². The molecule has 1 amide bonds. The Morgan fingerprint density at radius 2 is 2.30 bits per heavy atom. The molecule has 1 aliphatic heterocycles. The summed E-state index contributed by atoms with van der Waals surface area (Å²) < 4.78 is 5.32. The van der Waals surface area contributed by atoms with Gasteiger partial charge in [0.25, 0.3) is 0 Å². The molecule has 2 unspecified atom stereocenters. The van der Waals surface area contributed by atoms with E-state index in [9.17, 15) is 9.59 Å². The van der Waals surface area contributed by atoms with Crippen molar-refractivity contribution in [2.45, 2.75) is 44.3 Å². The second-order valence-corrected chi connectivity index (χ2v) is 5.93. The zero-order chi connectivity index (χ0) is 14.4. The van der Waals surface area contributed by atoms with Crippen molar-refractivity contribution in [2.24, 2.45) is 0 Å². The standard InChI is InChI=1S/C14H19NO4S/c16-13(5-1-3-11-4-2-8-20-11)15-9-10-6-7-12(19-10)14(17)18/h2,4,8,10,12H,1,3,5-7,9H2,(H,15,16)(H,17,18). The molecular formula is C14H19NO4S. The third-order valence-electron chi connectivity index (χ3n) is 3.32. The van der Waals surface area contributed by atoms with Gasteiger partial charge in [-0.15, -0.1) is 11.3 Å². The highest BCUT2D eigenvalue weighted by atomic mass is 32.1. The molecule has 1 fully saturated rings. The molecule has 0 aromatic carbocycles. The Hall–Kier alpha value is -1.40. The molecule has 0 bridgehead atoms. The van der Waals surface area contributed by atoms with Crippen LogP contribution in [-0.4, -0.2) is 35.7 Å². The number of hydrogen-bond donors (Lipinski definition) is 2. The minimum Gasteiger partial charge on any atom is -0.479 e. The predicted octanol–water partition coefficient (Wildman–Crippen LogP) is 1.82. The maximum Gasteiger partial charge on any atom is 0.332 e.